The van der Waals surface area contributed by atoms with Crippen molar-refractivity contribution in [2.24, 2.45) is 11.8 Å². The molecule has 1 amide bonds. The molecule has 0 spiro atoms. The first-order valence-electron chi connectivity index (χ1n) is 9.73. The first-order valence-corrected chi connectivity index (χ1v) is 9.73. The number of carbonyl (C=O) groups excluding carboxylic acids is 1. The maximum Gasteiger partial charge on any atom is 0.225 e. The lowest BCUT2D eigenvalue weighted by Crippen LogP contribution is -2.41. The van der Waals surface area contributed by atoms with E-state index in [0.717, 1.165) is 63.6 Å². The lowest BCUT2D eigenvalue weighted by atomic mass is 9.95. The van der Waals surface area contributed by atoms with Crippen LogP contribution in [0.25, 0.3) is 0 Å². The second-order valence-corrected chi connectivity index (χ2v) is 7.67. The van der Waals surface area contributed by atoms with Crippen LogP contribution in [-0.2, 0) is 4.79 Å². The number of piperidine rings is 1. The quantitative estimate of drug-likeness (QED) is 0.858. The van der Waals surface area contributed by atoms with E-state index in [1.165, 1.54) is 12.8 Å². The fourth-order valence-corrected chi connectivity index (χ4v) is 3.59. The predicted octanol–water partition coefficient (Wildman–Crippen LogP) is 2.46. The van der Waals surface area contributed by atoms with Gasteiger partial charge in [0, 0.05) is 38.6 Å². The lowest BCUT2D eigenvalue weighted by Gasteiger charge is -2.32. The third-order valence-electron chi connectivity index (χ3n) is 5.27. The number of nitrogens with one attached hydrogen (secondary N) is 1. The van der Waals surface area contributed by atoms with E-state index < -0.39 is 0 Å². The van der Waals surface area contributed by atoms with Gasteiger partial charge in [-0.3, -0.25) is 4.79 Å². The van der Waals surface area contributed by atoms with Gasteiger partial charge in [0.1, 0.15) is 0 Å². The Bertz CT molecular complexity index is 545. The fraction of sp³-hybridized carbons (Fsp3) is 0.737. The van der Waals surface area contributed by atoms with E-state index in [0.29, 0.717) is 5.92 Å². The molecule has 3 rings (SSSR count). The van der Waals surface area contributed by atoms with Gasteiger partial charge in [-0.1, -0.05) is 13.8 Å². The van der Waals surface area contributed by atoms with Gasteiger partial charge in [-0.2, -0.15) is 0 Å². The van der Waals surface area contributed by atoms with Crippen LogP contribution in [0.4, 0.5) is 11.6 Å². The van der Waals surface area contributed by atoms with Gasteiger partial charge >= 0.3 is 0 Å². The molecule has 138 valence electrons. The second-order valence-electron chi connectivity index (χ2n) is 7.67. The van der Waals surface area contributed by atoms with Crippen molar-refractivity contribution < 1.29 is 4.79 Å². The zero-order valence-corrected chi connectivity index (χ0v) is 15.6. The maximum atomic E-state index is 12.3. The second kappa shape index (κ2) is 8.50. The van der Waals surface area contributed by atoms with Gasteiger partial charge in [-0.25, -0.2) is 9.97 Å². The Balaban J connectivity index is 1.46. The van der Waals surface area contributed by atoms with Gasteiger partial charge in [0.25, 0.3) is 0 Å². The van der Waals surface area contributed by atoms with Crippen molar-refractivity contribution in [3.8, 4) is 0 Å². The molecule has 2 aliphatic heterocycles. The van der Waals surface area contributed by atoms with E-state index in [1.54, 1.807) is 0 Å². The summed E-state index contributed by atoms with van der Waals surface area (Å²) in [6.45, 7) is 9.09. The Morgan fingerprint density at radius 2 is 1.76 bits per heavy atom. The Labute approximate surface area is 151 Å². The number of nitrogens with zero attached hydrogens (tertiary/aromatic N) is 4. The minimum absolute atomic E-state index is 0.146. The molecule has 3 heterocycles. The molecule has 25 heavy (non-hydrogen) atoms. The van der Waals surface area contributed by atoms with Crippen LogP contribution < -0.4 is 15.1 Å². The monoisotopic (exact) mass is 345 g/mol. The molecule has 2 aliphatic rings. The molecule has 2 saturated heterocycles. The Morgan fingerprint density at radius 1 is 1.12 bits per heavy atom. The molecule has 6 heteroatoms. The largest absolute Gasteiger partial charge is 0.369 e. The van der Waals surface area contributed by atoms with Gasteiger partial charge in [0.15, 0.2) is 0 Å². The van der Waals surface area contributed by atoms with Crippen LogP contribution >= 0.6 is 0 Å². The van der Waals surface area contributed by atoms with Crippen LogP contribution in [-0.4, -0.2) is 48.6 Å². The molecule has 0 aliphatic carbocycles. The molecule has 1 N–H and O–H groups in total. The van der Waals surface area contributed by atoms with Crippen LogP contribution in [0.3, 0.4) is 0 Å². The summed E-state index contributed by atoms with van der Waals surface area (Å²) in [7, 11) is 0. The first kappa shape index (κ1) is 18.0. The molecule has 0 bridgehead atoms. The number of carbonyl (C=O) groups is 1. The highest BCUT2D eigenvalue weighted by Gasteiger charge is 2.25. The Morgan fingerprint density at radius 3 is 2.36 bits per heavy atom. The summed E-state index contributed by atoms with van der Waals surface area (Å²) in [6, 6.07) is 0. The summed E-state index contributed by atoms with van der Waals surface area (Å²) in [6.07, 6.45) is 9.19. The van der Waals surface area contributed by atoms with Gasteiger partial charge in [-0.15, -0.1) is 0 Å². The summed E-state index contributed by atoms with van der Waals surface area (Å²) in [5.41, 5.74) is 1.07. The van der Waals surface area contributed by atoms with E-state index in [1.807, 2.05) is 12.4 Å². The SMILES string of the molecule is CC(C)CCNC(=O)C1CCN(c2cnc(N3CCCC3)nc2)CC1. The van der Waals surface area contributed by atoms with Crippen molar-refractivity contribution in [3.05, 3.63) is 12.4 Å². The minimum atomic E-state index is 0.146. The highest BCUT2D eigenvalue weighted by atomic mass is 16.1. The summed E-state index contributed by atoms with van der Waals surface area (Å²) < 4.78 is 0. The first-order chi connectivity index (χ1) is 12.1. The molecule has 2 fully saturated rings. The Hall–Kier alpha value is -1.85. The molecule has 0 atom stereocenters. The van der Waals surface area contributed by atoms with E-state index >= 15 is 0 Å². The number of hydrogen-bond acceptors (Lipinski definition) is 5. The maximum absolute atomic E-state index is 12.3. The van der Waals surface area contributed by atoms with Gasteiger partial charge in [-0.05, 0) is 38.0 Å². The average molecular weight is 345 g/mol. The van der Waals surface area contributed by atoms with Crippen molar-refractivity contribution in [3.63, 3.8) is 0 Å². The highest BCUT2D eigenvalue weighted by Crippen LogP contribution is 2.24. The molecule has 0 saturated carbocycles. The lowest BCUT2D eigenvalue weighted by molar-refractivity contribution is -0.125. The topological polar surface area (TPSA) is 61.4 Å². The summed E-state index contributed by atoms with van der Waals surface area (Å²) in [5.74, 6) is 1.85. The average Bonchev–Trinajstić information content (AvgIpc) is 3.16. The van der Waals surface area contributed by atoms with E-state index in [9.17, 15) is 4.79 Å². The van der Waals surface area contributed by atoms with E-state index in [2.05, 4.69) is 38.9 Å². The van der Waals surface area contributed by atoms with E-state index in [4.69, 9.17) is 0 Å². The van der Waals surface area contributed by atoms with Crippen molar-refractivity contribution >= 4 is 17.5 Å². The molecule has 1 aromatic rings. The van der Waals surface area contributed by atoms with Crippen LogP contribution in [0, 0.1) is 11.8 Å². The van der Waals surface area contributed by atoms with Gasteiger partial charge in [0.2, 0.25) is 11.9 Å². The highest BCUT2D eigenvalue weighted by molar-refractivity contribution is 5.78. The van der Waals surface area contributed by atoms with Crippen LogP contribution in [0.1, 0.15) is 46.0 Å². The molecule has 0 unspecified atom stereocenters. The number of amides is 1. The smallest absolute Gasteiger partial charge is 0.225 e. The zero-order valence-electron chi connectivity index (χ0n) is 15.6. The number of anilines is 2. The fourth-order valence-electron chi connectivity index (χ4n) is 3.59. The standard InChI is InChI=1S/C19H31N5O/c1-15(2)5-8-20-18(25)16-6-11-23(12-7-16)17-13-21-19(22-14-17)24-9-3-4-10-24/h13-16H,3-12H2,1-2H3,(H,20,25). The number of hydrogen-bond donors (Lipinski definition) is 1. The van der Waals surface area contributed by atoms with Crippen molar-refractivity contribution in [1.29, 1.82) is 0 Å². The van der Waals surface area contributed by atoms with Crippen LogP contribution in [0.15, 0.2) is 12.4 Å². The van der Waals surface area contributed by atoms with Crippen molar-refractivity contribution in [2.75, 3.05) is 42.5 Å². The molecule has 0 radical (unpaired) electrons. The summed E-state index contributed by atoms with van der Waals surface area (Å²) in [5, 5.41) is 3.09. The molecular formula is C19H31N5O. The van der Waals surface area contributed by atoms with Crippen molar-refractivity contribution in [2.45, 2.75) is 46.0 Å². The van der Waals surface area contributed by atoms with Crippen LogP contribution in [0.2, 0.25) is 0 Å². The normalized spacial score (nSPS) is 18.8. The molecule has 0 aromatic carbocycles. The van der Waals surface area contributed by atoms with Crippen LogP contribution in [0.5, 0.6) is 0 Å². The van der Waals surface area contributed by atoms with Gasteiger partial charge in [0.05, 0.1) is 18.1 Å². The number of aromatic nitrogens is 2. The minimum Gasteiger partial charge on any atom is -0.369 e. The third kappa shape index (κ3) is 4.83. The molecule has 1 aromatic heterocycles. The van der Waals surface area contributed by atoms with Crippen molar-refractivity contribution in [1.82, 2.24) is 15.3 Å². The summed E-state index contributed by atoms with van der Waals surface area (Å²) >= 11 is 0. The Kier molecular flexibility index (Phi) is 6.10. The predicted molar refractivity (Wildman–Crippen MR) is 101 cm³/mol. The number of rotatable bonds is 6. The molecular weight excluding hydrogens is 314 g/mol. The van der Waals surface area contributed by atoms with Gasteiger partial charge < -0.3 is 15.1 Å². The third-order valence-corrected chi connectivity index (χ3v) is 5.27. The van der Waals surface area contributed by atoms with E-state index in [-0.39, 0.29) is 11.8 Å². The zero-order chi connectivity index (χ0) is 17.6. The summed E-state index contributed by atoms with van der Waals surface area (Å²) in [4.78, 5) is 25.9. The molecule has 6 nitrogen and oxygen atoms in total.